The summed E-state index contributed by atoms with van der Waals surface area (Å²) in [5.74, 6) is -1.19. The van der Waals surface area contributed by atoms with Gasteiger partial charge in [-0.05, 0) is 35.2 Å². The maximum absolute atomic E-state index is 13.0. The normalized spacial score (nSPS) is 14.5. The summed E-state index contributed by atoms with van der Waals surface area (Å²) >= 11 is 1.18. The molecule has 0 aliphatic carbocycles. The van der Waals surface area contributed by atoms with Crippen LogP contribution in [0.5, 0.6) is 5.75 Å². The molecular formula is C21H21N3O7S2. The number of nitrogens with zero attached hydrogens (tertiary/aromatic N) is 2. The molecule has 1 N–H and O–H groups in total. The first-order valence-corrected chi connectivity index (χ1v) is 12.1. The van der Waals surface area contributed by atoms with Crippen LogP contribution in [0.1, 0.15) is 11.1 Å². The number of rotatable bonds is 8. The highest BCUT2D eigenvalue weighted by molar-refractivity contribution is 7.89. The third kappa shape index (κ3) is 6.17. The van der Waals surface area contributed by atoms with Gasteiger partial charge in [-0.15, -0.1) is 11.3 Å². The number of hydrogen-bond acceptors (Lipinski definition) is 9. The number of carbonyl (C=O) groups excluding carboxylic acids is 2. The SMILES string of the molecule is COc1ccc(C=CC(=O)OCC(=O)Nc2sccc2C#N)cc1S(=O)(=O)N1CCOCC1. The highest BCUT2D eigenvalue weighted by Crippen LogP contribution is 2.29. The van der Waals surface area contributed by atoms with Crippen molar-refractivity contribution in [3.63, 3.8) is 0 Å². The topological polar surface area (TPSA) is 135 Å². The van der Waals surface area contributed by atoms with Gasteiger partial charge in [0.2, 0.25) is 10.0 Å². The van der Waals surface area contributed by atoms with Gasteiger partial charge in [-0.25, -0.2) is 13.2 Å². The Bertz CT molecular complexity index is 1190. The van der Waals surface area contributed by atoms with E-state index in [1.807, 2.05) is 6.07 Å². The van der Waals surface area contributed by atoms with Crippen molar-refractivity contribution in [3.05, 3.63) is 46.8 Å². The second-order valence-corrected chi connectivity index (χ2v) is 9.51. The first kappa shape index (κ1) is 24.4. The average Bonchev–Trinajstić information content (AvgIpc) is 3.28. The number of nitrogens with one attached hydrogen (secondary N) is 1. The third-order valence-corrected chi connectivity index (χ3v) is 7.32. The van der Waals surface area contributed by atoms with E-state index in [1.165, 1.54) is 41.0 Å². The number of methoxy groups -OCH3 is 1. The molecule has 3 rings (SSSR count). The smallest absolute Gasteiger partial charge is 0.331 e. The van der Waals surface area contributed by atoms with E-state index in [-0.39, 0.29) is 23.7 Å². The Morgan fingerprint density at radius 1 is 1.30 bits per heavy atom. The summed E-state index contributed by atoms with van der Waals surface area (Å²) in [4.78, 5) is 23.9. The van der Waals surface area contributed by atoms with Crippen molar-refractivity contribution >= 4 is 44.3 Å². The Kier molecular flexibility index (Phi) is 8.18. The van der Waals surface area contributed by atoms with E-state index in [0.717, 1.165) is 6.08 Å². The van der Waals surface area contributed by atoms with Gasteiger partial charge >= 0.3 is 5.97 Å². The van der Waals surface area contributed by atoms with E-state index in [0.29, 0.717) is 29.3 Å². The Morgan fingerprint density at radius 2 is 2.06 bits per heavy atom. The number of ether oxygens (including phenoxy) is 3. The molecule has 1 aromatic heterocycles. The molecule has 12 heteroatoms. The Morgan fingerprint density at radius 3 is 2.76 bits per heavy atom. The van der Waals surface area contributed by atoms with E-state index in [9.17, 15) is 18.0 Å². The molecule has 10 nitrogen and oxygen atoms in total. The molecule has 0 bridgehead atoms. The number of carbonyl (C=O) groups is 2. The van der Waals surface area contributed by atoms with Crippen LogP contribution in [0.3, 0.4) is 0 Å². The van der Waals surface area contributed by atoms with Gasteiger partial charge in [0.25, 0.3) is 5.91 Å². The van der Waals surface area contributed by atoms with Crippen molar-refractivity contribution in [2.75, 3.05) is 45.3 Å². The number of morpholine rings is 1. The van der Waals surface area contributed by atoms with Gasteiger partial charge in [-0.3, -0.25) is 4.79 Å². The van der Waals surface area contributed by atoms with Crippen molar-refractivity contribution in [1.82, 2.24) is 4.31 Å². The van der Waals surface area contributed by atoms with Crippen molar-refractivity contribution in [2.24, 2.45) is 0 Å². The molecule has 1 aromatic carbocycles. The minimum absolute atomic E-state index is 0.0222. The van der Waals surface area contributed by atoms with Gasteiger partial charge in [0.15, 0.2) is 6.61 Å². The second-order valence-electron chi connectivity index (χ2n) is 6.69. The maximum Gasteiger partial charge on any atom is 0.331 e. The highest BCUT2D eigenvalue weighted by atomic mass is 32.2. The zero-order chi connectivity index (χ0) is 23.8. The third-order valence-electron chi connectivity index (χ3n) is 4.57. The Balaban J connectivity index is 1.64. The number of thiophene rings is 1. The van der Waals surface area contributed by atoms with Gasteiger partial charge in [-0.1, -0.05) is 6.07 Å². The lowest BCUT2D eigenvalue weighted by Gasteiger charge is -2.26. The molecule has 1 amide bonds. The van der Waals surface area contributed by atoms with E-state index in [1.54, 1.807) is 17.5 Å². The zero-order valence-corrected chi connectivity index (χ0v) is 19.3. The summed E-state index contributed by atoms with van der Waals surface area (Å²) in [5, 5.41) is 13.5. The van der Waals surface area contributed by atoms with Crippen LogP contribution in [-0.2, 0) is 29.1 Å². The van der Waals surface area contributed by atoms with Gasteiger partial charge in [0.05, 0.1) is 25.9 Å². The fourth-order valence-electron chi connectivity index (χ4n) is 2.93. The molecule has 0 saturated carbocycles. The van der Waals surface area contributed by atoms with Crippen LogP contribution in [0.4, 0.5) is 5.00 Å². The fraction of sp³-hybridized carbons (Fsp3) is 0.286. The van der Waals surface area contributed by atoms with E-state index < -0.39 is 28.5 Å². The standard InChI is InChI=1S/C21H21N3O7S2/c1-29-17-4-2-15(12-18(17)33(27,28)24-7-9-30-10-8-24)3-5-20(26)31-14-19(25)23-21-16(13-22)6-11-32-21/h2-6,11-12H,7-10,14H2,1H3,(H,23,25). The predicted octanol–water partition coefficient (Wildman–Crippen LogP) is 1.84. The molecule has 0 unspecified atom stereocenters. The van der Waals surface area contributed by atoms with Crippen LogP contribution in [0.15, 0.2) is 40.6 Å². The molecule has 0 spiro atoms. The summed E-state index contributed by atoms with van der Waals surface area (Å²) in [7, 11) is -2.44. The molecular weight excluding hydrogens is 470 g/mol. The molecule has 1 aliphatic rings. The van der Waals surface area contributed by atoms with Crippen LogP contribution < -0.4 is 10.1 Å². The molecule has 2 aromatic rings. The van der Waals surface area contributed by atoms with E-state index in [4.69, 9.17) is 19.5 Å². The number of nitriles is 1. The monoisotopic (exact) mass is 491 g/mol. The zero-order valence-electron chi connectivity index (χ0n) is 17.6. The van der Waals surface area contributed by atoms with Crippen LogP contribution in [-0.4, -0.2) is 64.6 Å². The van der Waals surface area contributed by atoms with Crippen molar-refractivity contribution in [1.29, 1.82) is 5.26 Å². The summed E-state index contributed by atoms with van der Waals surface area (Å²) in [6.45, 7) is 0.559. The summed E-state index contributed by atoms with van der Waals surface area (Å²) in [5.41, 5.74) is 0.753. The molecule has 1 fully saturated rings. The Hall–Kier alpha value is -3.24. The van der Waals surface area contributed by atoms with E-state index in [2.05, 4.69) is 5.32 Å². The number of amides is 1. The molecule has 0 atom stereocenters. The molecule has 1 aliphatic heterocycles. The molecule has 1 saturated heterocycles. The predicted molar refractivity (Wildman–Crippen MR) is 120 cm³/mol. The number of anilines is 1. The quantitative estimate of drug-likeness (QED) is 0.437. The summed E-state index contributed by atoms with van der Waals surface area (Å²) < 4.78 is 42.7. The van der Waals surface area contributed by atoms with Gasteiger partial charge < -0.3 is 19.5 Å². The number of benzene rings is 1. The Labute approximate surface area is 195 Å². The summed E-state index contributed by atoms with van der Waals surface area (Å²) in [6.07, 6.45) is 2.47. The molecule has 0 radical (unpaired) electrons. The van der Waals surface area contributed by atoms with Crippen molar-refractivity contribution in [2.45, 2.75) is 4.90 Å². The van der Waals surface area contributed by atoms with Crippen LogP contribution >= 0.6 is 11.3 Å². The lowest BCUT2D eigenvalue weighted by atomic mass is 10.2. The van der Waals surface area contributed by atoms with Crippen molar-refractivity contribution in [3.8, 4) is 11.8 Å². The van der Waals surface area contributed by atoms with Crippen molar-refractivity contribution < 1.29 is 32.2 Å². The van der Waals surface area contributed by atoms with Crippen LogP contribution in [0.25, 0.3) is 6.08 Å². The number of sulfonamides is 1. The molecule has 2 heterocycles. The summed E-state index contributed by atoms with van der Waals surface area (Å²) in [6, 6.07) is 8.00. The number of hydrogen-bond donors (Lipinski definition) is 1. The maximum atomic E-state index is 13.0. The van der Waals surface area contributed by atoms with Gasteiger partial charge in [-0.2, -0.15) is 9.57 Å². The van der Waals surface area contributed by atoms with E-state index >= 15 is 0 Å². The minimum Gasteiger partial charge on any atom is -0.495 e. The molecule has 33 heavy (non-hydrogen) atoms. The lowest BCUT2D eigenvalue weighted by Crippen LogP contribution is -2.40. The second kappa shape index (κ2) is 11.1. The largest absolute Gasteiger partial charge is 0.495 e. The van der Waals surface area contributed by atoms with Gasteiger partial charge in [0.1, 0.15) is 21.7 Å². The lowest BCUT2D eigenvalue weighted by molar-refractivity contribution is -0.142. The fourth-order valence-corrected chi connectivity index (χ4v) is 5.28. The first-order valence-electron chi connectivity index (χ1n) is 9.73. The van der Waals surface area contributed by atoms with Crippen LogP contribution in [0.2, 0.25) is 0 Å². The molecule has 174 valence electrons. The number of esters is 1. The highest BCUT2D eigenvalue weighted by Gasteiger charge is 2.29. The minimum atomic E-state index is -3.81. The average molecular weight is 492 g/mol. The van der Waals surface area contributed by atoms with Gasteiger partial charge in [0, 0.05) is 19.2 Å². The first-order chi connectivity index (χ1) is 15.8. The van der Waals surface area contributed by atoms with Crippen LogP contribution in [0, 0.1) is 11.3 Å².